The van der Waals surface area contributed by atoms with Crippen LogP contribution in [0, 0.1) is 11.8 Å². The zero-order valence-corrected chi connectivity index (χ0v) is 14.7. The average Bonchev–Trinajstić information content (AvgIpc) is 3.30. The molecule has 3 fully saturated rings. The number of amides is 3. The molecule has 2 unspecified atom stereocenters. The smallest absolute Gasteiger partial charge is 0.261 e. The Morgan fingerprint density at radius 1 is 1.08 bits per heavy atom. The van der Waals surface area contributed by atoms with Gasteiger partial charge < -0.3 is 5.32 Å². The van der Waals surface area contributed by atoms with E-state index in [1.54, 1.807) is 24.3 Å². The Hall–Kier alpha value is -1.88. The van der Waals surface area contributed by atoms with Crippen molar-refractivity contribution < 1.29 is 14.4 Å². The predicted octanol–water partition coefficient (Wildman–Crippen LogP) is 2.78. The van der Waals surface area contributed by atoms with Gasteiger partial charge in [-0.25, -0.2) is 0 Å². The molecule has 2 saturated carbocycles. The van der Waals surface area contributed by atoms with E-state index in [4.69, 9.17) is 11.6 Å². The van der Waals surface area contributed by atoms with E-state index in [-0.39, 0.29) is 24.3 Å². The van der Waals surface area contributed by atoms with Crippen LogP contribution in [0.5, 0.6) is 0 Å². The van der Waals surface area contributed by atoms with Crippen LogP contribution in [0.4, 0.5) is 0 Å². The molecule has 0 radical (unpaired) electrons. The number of carbonyl (C=O) groups is 3. The van der Waals surface area contributed by atoms with Crippen molar-refractivity contribution in [3.8, 4) is 0 Å². The lowest BCUT2D eigenvalue weighted by molar-refractivity contribution is -0.133. The van der Waals surface area contributed by atoms with Crippen molar-refractivity contribution >= 4 is 29.3 Å². The Balaban J connectivity index is 1.48. The quantitative estimate of drug-likeness (QED) is 0.843. The number of likely N-dealkylation sites (tertiary alicyclic amines) is 1. The second-order valence-electron chi connectivity index (χ2n) is 7.42. The molecule has 0 spiro atoms. The molecule has 2 aliphatic carbocycles. The molecule has 1 aliphatic heterocycles. The van der Waals surface area contributed by atoms with Gasteiger partial charge in [-0.15, -0.1) is 0 Å². The number of imide groups is 1. The van der Waals surface area contributed by atoms with Gasteiger partial charge in [0, 0.05) is 23.0 Å². The lowest BCUT2D eigenvalue weighted by Crippen LogP contribution is -2.51. The summed E-state index contributed by atoms with van der Waals surface area (Å²) >= 11 is 5.85. The molecule has 3 amide bonds. The summed E-state index contributed by atoms with van der Waals surface area (Å²) in [6.07, 6.45) is 5.29. The SMILES string of the molecule is O=C(NC1C[C@H]2CC[C@@H]1C2)C1CCC(=O)N1C(=O)c1ccc(Cl)cc1. The molecule has 1 saturated heterocycles. The van der Waals surface area contributed by atoms with E-state index in [0.29, 0.717) is 22.9 Å². The summed E-state index contributed by atoms with van der Waals surface area (Å²) in [4.78, 5) is 38.8. The fraction of sp³-hybridized carbons (Fsp3) is 0.526. The summed E-state index contributed by atoms with van der Waals surface area (Å²) in [7, 11) is 0. The van der Waals surface area contributed by atoms with Crippen molar-refractivity contribution in [2.24, 2.45) is 11.8 Å². The number of nitrogens with one attached hydrogen (secondary N) is 1. The maximum atomic E-state index is 12.7. The molecule has 0 aromatic heterocycles. The van der Waals surface area contributed by atoms with Gasteiger partial charge in [0.2, 0.25) is 11.8 Å². The Bertz CT molecular complexity index is 718. The highest BCUT2D eigenvalue weighted by Gasteiger charge is 2.44. The van der Waals surface area contributed by atoms with Crippen LogP contribution in [0.2, 0.25) is 5.02 Å². The molecule has 6 heteroatoms. The minimum Gasteiger partial charge on any atom is -0.351 e. The summed E-state index contributed by atoms with van der Waals surface area (Å²) in [6.45, 7) is 0. The number of fused-ring (bicyclic) bond motifs is 2. The van der Waals surface area contributed by atoms with Crippen LogP contribution in [0.25, 0.3) is 0 Å². The molecule has 25 heavy (non-hydrogen) atoms. The van der Waals surface area contributed by atoms with Crippen LogP contribution in [-0.4, -0.2) is 34.7 Å². The Morgan fingerprint density at radius 2 is 1.84 bits per heavy atom. The van der Waals surface area contributed by atoms with Crippen LogP contribution in [0.15, 0.2) is 24.3 Å². The van der Waals surface area contributed by atoms with Gasteiger partial charge >= 0.3 is 0 Å². The fourth-order valence-electron chi connectivity index (χ4n) is 4.62. The molecular formula is C19H21ClN2O3. The van der Waals surface area contributed by atoms with Gasteiger partial charge in [-0.2, -0.15) is 0 Å². The van der Waals surface area contributed by atoms with Crippen LogP contribution < -0.4 is 5.32 Å². The van der Waals surface area contributed by atoms with E-state index in [9.17, 15) is 14.4 Å². The number of rotatable bonds is 3. The van der Waals surface area contributed by atoms with Crippen molar-refractivity contribution in [1.29, 1.82) is 0 Å². The molecule has 1 N–H and O–H groups in total. The fourth-order valence-corrected chi connectivity index (χ4v) is 4.74. The maximum Gasteiger partial charge on any atom is 0.261 e. The van der Waals surface area contributed by atoms with E-state index in [2.05, 4.69) is 5.32 Å². The molecule has 4 rings (SSSR count). The van der Waals surface area contributed by atoms with Crippen LogP contribution >= 0.6 is 11.6 Å². The minimum atomic E-state index is -0.699. The predicted molar refractivity (Wildman–Crippen MR) is 93.0 cm³/mol. The zero-order valence-electron chi connectivity index (χ0n) is 13.9. The van der Waals surface area contributed by atoms with Crippen molar-refractivity contribution in [3.63, 3.8) is 0 Å². The standard InChI is InChI=1S/C19H21ClN2O3/c20-14-5-3-12(4-6-14)19(25)22-16(7-8-17(22)23)18(24)21-15-10-11-1-2-13(15)9-11/h3-6,11,13,15-16H,1-2,7-10H2,(H,21,24)/t11-,13+,15?,16?/m0/s1. The van der Waals surface area contributed by atoms with E-state index in [1.807, 2.05) is 0 Å². The van der Waals surface area contributed by atoms with E-state index < -0.39 is 11.9 Å². The molecule has 4 atom stereocenters. The van der Waals surface area contributed by atoms with Gasteiger partial charge in [-0.05, 0) is 61.8 Å². The number of hydrogen-bond acceptors (Lipinski definition) is 3. The van der Waals surface area contributed by atoms with E-state index >= 15 is 0 Å². The Morgan fingerprint density at radius 3 is 2.48 bits per heavy atom. The topological polar surface area (TPSA) is 66.5 Å². The monoisotopic (exact) mass is 360 g/mol. The third-order valence-electron chi connectivity index (χ3n) is 5.89. The van der Waals surface area contributed by atoms with Gasteiger partial charge in [0.25, 0.3) is 5.91 Å². The minimum absolute atomic E-state index is 0.189. The molecular weight excluding hydrogens is 340 g/mol. The molecule has 132 valence electrons. The largest absolute Gasteiger partial charge is 0.351 e. The summed E-state index contributed by atoms with van der Waals surface area (Å²) in [5.74, 6) is 0.393. The second kappa shape index (κ2) is 6.45. The molecule has 1 aromatic rings. The first-order valence-electron chi connectivity index (χ1n) is 8.95. The van der Waals surface area contributed by atoms with E-state index in [1.165, 1.54) is 19.3 Å². The first-order valence-corrected chi connectivity index (χ1v) is 9.33. The highest BCUT2D eigenvalue weighted by Crippen LogP contribution is 2.44. The zero-order chi connectivity index (χ0) is 17.6. The highest BCUT2D eigenvalue weighted by molar-refractivity contribution is 6.30. The number of nitrogens with zero attached hydrogens (tertiary/aromatic N) is 1. The second-order valence-corrected chi connectivity index (χ2v) is 7.86. The van der Waals surface area contributed by atoms with Crippen molar-refractivity contribution in [2.75, 3.05) is 0 Å². The Kier molecular flexibility index (Phi) is 4.28. The first-order chi connectivity index (χ1) is 12.0. The number of hydrogen-bond donors (Lipinski definition) is 1. The van der Waals surface area contributed by atoms with Gasteiger partial charge in [-0.1, -0.05) is 18.0 Å². The van der Waals surface area contributed by atoms with Gasteiger partial charge in [0.15, 0.2) is 0 Å². The van der Waals surface area contributed by atoms with Crippen molar-refractivity contribution in [3.05, 3.63) is 34.9 Å². The number of carbonyl (C=O) groups excluding carboxylic acids is 3. The van der Waals surface area contributed by atoms with Gasteiger partial charge in [0.05, 0.1) is 0 Å². The number of benzene rings is 1. The van der Waals surface area contributed by atoms with Crippen molar-refractivity contribution in [2.45, 2.75) is 50.6 Å². The lowest BCUT2D eigenvalue weighted by atomic mass is 9.95. The first kappa shape index (κ1) is 16.6. The molecule has 1 aromatic carbocycles. The lowest BCUT2D eigenvalue weighted by Gasteiger charge is -2.27. The van der Waals surface area contributed by atoms with Crippen LogP contribution in [-0.2, 0) is 9.59 Å². The summed E-state index contributed by atoms with van der Waals surface area (Å²) in [5.41, 5.74) is 0.373. The normalized spacial score (nSPS) is 30.8. The Labute approximate surface area is 151 Å². The van der Waals surface area contributed by atoms with Crippen LogP contribution in [0.1, 0.15) is 48.9 Å². The van der Waals surface area contributed by atoms with E-state index in [0.717, 1.165) is 17.2 Å². The summed E-state index contributed by atoms with van der Waals surface area (Å²) in [6, 6.07) is 5.89. The van der Waals surface area contributed by atoms with Gasteiger partial charge in [0.1, 0.15) is 6.04 Å². The third-order valence-corrected chi connectivity index (χ3v) is 6.14. The molecule has 3 aliphatic rings. The van der Waals surface area contributed by atoms with Gasteiger partial charge in [-0.3, -0.25) is 19.3 Å². The highest BCUT2D eigenvalue weighted by atomic mass is 35.5. The van der Waals surface area contributed by atoms with Crippen molar-refractivity contribution in [1.82, 2.24) is 10.2 Å². The molecule has 5 nitrogen and oxygen atoms in total. The summed E-state index contributed by atoms with van der Waals surface area (Å²) in [5, 5.41) is 3.64. The maximum absolute atomic E-state index is 12.7. The summed E-state index contributed by atoms with van der Waals surface area (Å²) < 4.78 is 0. The molecule has 1 heterocycles. The molecule has 2 bridgehead atoms. The van der Waals surface area contributed by atoms with Crippen LogP contribution in [0.3, 0.4) is 0 Å². The third kappa shape index (κ3) is 3.06. The number of halogens is 1. The average molecular weight is 361 g/mol.